The van der Waals surface area contributed by atoms with E-state index in [2.05, 4.69) is 81.8 Å². The van der Waals surface area contributed by atoms with Gasteiger partial charge in [-0.25, -0.2) is 0 Å². The number of nitrogens with zero attached hydrogens (tertiary/aromatic N) is 1. The minimum atomic E-state index is 0.0996. The zero-order chi connectivity index (χ0) is 22.9. The van der Waals surface area contributed by atoms with Gasteiger partial charge in [0.15, 0.2) is 6.29 Å². The topological polar surface area (TPSA) is 65.6 Å². The maximum atomic E-state index is 6.44. The van der Waals surface area contributed by atoms with Crippen molar-refractivity contribution in [3.8, 4) is 0 Å². The van der Waals surface area contributed by atoms with Gasteiger partial charge < -0.3 is 24.4 Å². The largest absolute Gasteiger partial charge is 0.455 e. The van der Waals surface area contributed by atoms with Crippen LogP contribution < -0.4 is 16.0 Å². The first-order valence-electron chi connectivity index (χ1n) is 11.9. The zero-order valence-corrected chi connectivity index (χ0v) is 18.8. The van der Waals surface area contributed by atoms with Crippen LogP contribution in [0.3, 0.4) is 0 Å². The van der Waals surface area contributed by atoms with Crippen LogP contribution in [-0.2, 0) is 0 Å². The molecule has 3 aromatic carbocycles. The molecule has 1 unspecified atom stereocenters. The van der Waals surface area contributed by atoms with Gasteiger partial charge in [-0.05, 0) is 29.8 Å². The van der Waals surface area contributed by atoms with Gasteiger partial charge in [0, 0.05) is 47.0 Å². The molecule has 0 fully saturated rings. The van der Waals surface area contributed by atoms with Crippen molar-refractivity contribution in [2.24, 2.45) is 0 Å². The average Bonchev–Trinajstić information content (AvgIpc) is 3.60. The molecule has 0 saturated heterocycles. The Morgan fingerprint density at radius 3 is 2.17 bits per heavy atom. The van der Waals surface area contributed by atoms with Gasteiger partial charge in [-0.15, -0.1) is 0 Å². The fraction of sp³-hybridized carbons (Fsp3) is 0.103. The summed E-state index contributed by atoms with van der Waals surface area (Å²) in [6, 6.07) is 18.7. The van der Waals surface area contributed by atoms with Gasteiger partial charge in [0.1, 0.15) is 22.3 Å². The number of fused-ring (bicyclic) bond motifs is 7. The molecule has 2 aromatic heterocycles. The Hall–Kier alpha value is -4.42. The molecule has 3 N–H and O–H groups in total. The first-order chi connectivity index (χ1) is 17.3. The van der Waals surface area contributed by atoms with Crippen molar-refractivity contribution >= 4 is 49.5 Å². The molecule has 0 saturated carbocycles. The Kier molecular flexibility index (Phi) is 3.81. The first kappa shape index (κ1) is 18.9. The normalized spacial score (nSPS) is 19.6. The van der Waals surface area contributed by atoms with Gasteiger partial charge in [0.05, 0.1) is 17.0 Å². The van der Waals surface area contributed by atoms with Crippen LogP contribution >= 0.6 is 0 Å². The molecular weight excluding hydrogens is 436 g/mol. The highest BCUT2D eigenvalue weighted by atomic mass is 16.3. The first-order valence-corrected chi connectivity index (χ1v) is 11.9. The summed E-state index contributed by atoms with van der Waals surface area (Å²) in [4.78, 5) is 2.15. The maximum Gasteiger partial charge on any atom is 0.159 e. The number of dihydropyridines is 1. The third-order valence-electron chi connectivity index (χ3n) is 7.12. The SMILES string of the molecule is C1=CN2C=C(C3=CC=C(c4c5oc6ccccc6c5cc5c4oc4ccccc45)CN3)NC2NC1. The molecule has 8 rings (SSSR count). The van der Waals surface area contributed by atoms with Gasteiger partial charge >= 0.3 is 0 Å². The summed E-state index contributed by atoms with van der Waals surface area (Å²) >= 11 is 0. The molecule has 170 valence electrons. The average molecular weight is 459 g/mol. The lowest BCUT2D eigenvalue weighted by Gasteiger charge is -2.26. The molecule has 0 bridgehead atoms. The number of furan rings is 2. The maximum absolute atomic E-state index is 6.44. The van der Waals surface area contributed by atoms with Crippen molar-refractivity contribution in [1.29, 1.82) is 0 Å². The lowest BCUT2D eigenvalue weighted by atomic mass is 9.96. The predicted molar refractivity (Wildman–Crippen MR) is 139 cm³/mol. The molecule has 6 nitrogen and oxygen atoms in total. The monoisotopic (exact) mass is 458 g/mol. The summed E-state index contributed by atoms with van der Waals surface area (Å²) in [6.07, 6.45) is 10.8. The van der Waals surface area contributed by atoms with Gasteiger partial charge in [-0.2, -0.15) is 0 Å². The molecule has 0 amide bonds. The Morgan fingerprint density at radius 1 is 0.800 bits per heavy atom. The fourth-order valence-corrected chi connectivity index (χ4v) is 5.45. The van der Waals surface area contributed by atoms with Crippen LogP contribution in [0.5, 0.6) is 0 Å². The van der Waals surface area contributed by atoms with Crippen LogP contribution in [0.15, 0.2) is 105 Å². The van der Waals surface area contributed by atoms with Crippen molar-refractivity contribution < 1.29 is 8.83 Å². The molecule has 1 atom stereocenters. The number of nitrogens with one attached hydrogen (secondary N) is 3. The van der Waals surface area contributed by atoms with Crippen molar-refractivity contribution in [2.45, 2.75) is 6.29 Å². The van der Waals surface area contributed by atoms with Crippen LogP contribution in [0.1, 0.15) is 5.56 Å². The highest BCUT2D eigenvalue weighted by molar-refractivity contribution is 6.19. The number of rotatable bonds is 2. The van der Waals surface area contributed by atoms with E-state index < -0.39 is 0 Å². The van der Waals surface area contributed by atoms with E-state index in [-0.39, 0.29) is 6.29 Å². The van der Waals surface area contributed by atoms with Gasteiger partial charge in [-0.1, -0.05) is 48.6 Å². The third kappa shape index (κ3) is 2.74. The quantitative estimate of drug-likeness (QED) is 0.325. The third-order valence-corrected chi connectivity index (χ3v) is 7.12. The smallest absolute Gasteiger partial charge is 0.159 e. The standard InChI is InChI=1S/C29H22N4O2/c1-3-8-24-18(6-1)20-14-21-19-7-2-4-9-25(19)35-28(21)26(27(20)34-24)17-10-11-22(31-15-17)23-16-33-13-5-12-30-29(33)32-23/h1-11,13-14,16,29-32H,12,15H2. The number of benzene rings is 3. The summed E-state index contributed by atoms with van der Waals surface area (Å²) < 4.78 is 12.9. The van der Waals surface area contributed by atoms with Gasteiger partial charge in [0.2, 0.25) is 0 Å². The van der Waals surface area contributed by atoms with E-state index in [1.54, 1.807) is 0 Å². The molecule has 0 aliphatic carbocycles. The number of hydrogen-bond donors (Lipinski definition) is 3. The predicted octanol–water partition coefficient (Wildman–Crippen LogP) is 5.50. The van der Waals surface area contributed by atoms with Gasteiger partial charge in [-0.3, -0.25) is 5.32 Å². The number of hydrogen-bond acceptors (Lipinski definition) is 6. The number of allylic oxidation sites excluding steroid dienone is 2. The van der Waals surface area contributed by atoms with Crippen molar-refractivity contribution in [3.05, 3.63) is 102 Å². The summed E-state index contributed by atoms with van der Waals surface area (Å²) in [7, 11) is 0. The van der Waals surface area contributed by atoms with Crippen LogP contribution in [0.25, 0.3) is 49.5 Å². The second-order valence-corrected chi connectivity index (χ2v) is 9.16. The zero-order valence-electron chi connectivity index (χ0n) is 18.8. The summed E-state index contributed by atoms with van der Waals surface area (Å²) in [5.41, 5.74) is 7.80. The van der Waals surface area contributed by atoms with E-state index in [0.29, 0.717) is 6.54 Å². The number of para-hydroxylation sites is 2. The fourth-order valence-electron chi connectivity index (χ4n) is 5.45. The molecule has 3 aliphatic heterocycles. The van der Waals surface area contributed by atoms with E-state index in [9.17, 15) is 0 Å². The molecule has 35 heavy (non-hydrogen) atoms. The second kappa shape index (κ2) is 7.04. The molecular formula is C29H22N4O2. The molecule has 3 aliphatic rings. The van der Waals surface area contributed by atoms with E-state index in [1.165, 1.54) is 0 Å². The van der Waals surface area contributed by atoms with Crippen molar-refractivity contribution in [3.63, 3.8) is 0 Å². The van der Waals surface area contributed by atoms with E-state index in [0.717, 1.165) is 73.0 Å². The lowest BCUT2D eigenvalue weighted by molar-refractivity contribution is 0.294. The van der Waals surface area contributed by atoms with Crippen LogP contribution in [-0.4, -0.2) is 24.3 Å². The molecule has 5 heterocycles. The van der Waals surface area contributed by atoms with E-state index in [1.807, 2.05) is 24.3 Å². The minimum Gasteiger partial charge on any atom is -0.455 e. The Balaban J connectivity index is 1.33. The highest BCUT2D eigenvalue weighted by Gasteiger charge is 2.27. The van der Waals surface area contributed by atoms with Crippen LogP contribution in [0.4, 0.5) is 0 Å². The molecule has 0 spiro atoms. The van der Waals surface area contributed by atoms with E-state index in [4.69, 9.17) is 8.83 Å². The lowest BCUT2D eigenvalue weighted by Crippen LogP contribution is -2.48. The summed E-state index contributed by atoms with van der Waals surface area (Å²) in [5.74, 6) is 0. The van der Waals surface area contributed by atoms with Crippen molar-refractivity contribution in [1.82, 2.24) is 20.9 Å². The Bertz CT molecular complexity index is 1710. The summed E-state index contributed by atoms with van der Waals surface area (Å²) in [6.45, 7) is 1.53. The second-order valence-electron chi connectivity index (χ2n) is 9.16. The highest BCUT2D eigenvalue weighted by Crippen LogP contribution is 2.42. The minimum absolute atomic E-state index is 0.0996. The van der Waals surface area contributed by atoms with Crippen LogP contribution in [0, 0.1) is 0 Å². The molecule has 6 heteroatoms. The van der Waals surface area contributed by atoms with E-state index >= 15 is 0 Å². The van der Waals surface area contributed by atoms with Gasteiger partial charge in [0.25, 0.3) is 0 Å². The molecule has 5 aromatic rings. The Labute approximate surface area is 200 Å². The molecule has 0 radical (unpaired) electrons. The van der Waals surface area contributed by atoms with Crippen LogP contribution in [0.2, 0.25) is 0 Å². The summed E-state index contributed by atoms with van der Waals surface area (Å²) in [5, 5.41) is 15.0. The van der Waals surface area contributed by atoms with Crippen molar-refractivity contribution in [2.75, 3.05) is 13.1 Å². The Morgan fingerprint density at radius 2 is 1.51 bits per heavy atom.